The average molecular weight is 228 g/mol. The summed E-state index contributed by atoms with van der Waals surface area (Å²) in [6.45, 7) is 11.8. The first-order valence-electron chi connectivity index (χ1n) is 5.23. The molecule has 0 aromatic carbocycles. The molecule has 0 fully saturated rings. The van der Waals surface area contributed by atoms with Crippen LogP contribution in [0.15, 0.2) is 25.3 Å². The number of carbonyl (C=O) groups excluding carboxylic acids is 1. The summed E-state index contributed by atoms with van der Waals surface area (Å²) in [5.74, 6) is -0.438. The predicted molar refractivity (Wildman–Crippen MR) is 62.2 cm³/mol. The highest BCUT2D eigenvalue weighted by Gasteiger charge is 2.08. The molecule has 0 aliphatic heterocycles. The van der Waals surface area contributed by atoms with E-state index in [2.05, 4.69) is 13.2 Å². The number of hydrogen-bond acceptors (Lipinski definition) is 4. The topological polar surface area (TPSA) is 44.8 Å². The van der Waals surface area contributed by atoms with Crippen molar-refractivity contribution in [3.05, 3.63) is 25.3 Å². The number of ether oxygens (including phenoxy) is 3. The van der Waals surface area contributed by atoms with Crippen molar-refractivity contribution in [3.63, 3.8) is 0 Å². The van der Waals surface area contributed by atoms with Crippen molar-refractivity contribution in [2.24, 2.45) is 0 Å². The number of rotatable bonds is 9. The Morgan fingerprint density at radius 1 is 1.25 bits per heavy atom. The quantitative estimate of drug-likeness (QED) is 0.342. The maximum atomic E-state index is 10.8. The molecule has 0 bridgehead atoms. The van der Waals surface area contributed by atoms with Crippen LogP contribution in [0.25, 0.3) is 0 Å². The maximum absolute atomic E-state index is 10.8. The van der Waals surface area contributed by atoms with Gasteiger partial charge in [0.2, 0.25) is 0 Å². The lowest BCUT2D eigenvalue weighted by Gasteiger charge is -2.15. The van der Waals surface area contributed by atoms with Crippen molar-refractivity contribution in [2.45, 2.75) is 26.1 Å². The van der Waals surface area contributed by atoms with Crippen LogP contribution in [0, 0.1) is 0 Å². The summed E-state index contributed by atoms with van der Waals surface area (Å²) in [4.78, 5) is 10.8. The Morgan fingerprint density at radius 3 is 2.44 bits per heavy atom. The van der Waals surface area contributed by atoms with Crippen molar-refractivity contribution < 1.29 is 19.0 Å². The van der Waals surface area contributed by atoms with Gasteiger partial charge in [0.05, 0.1) is 25.9 Å². The Bertz CT molecular complexity index is 225. The van der Waals surface area contributed by atoms with Crippen molar-refractivity contribution in [1.82, 2.24) is 0 Å². The van der Waals surface area contributed by atoms with Gasteiger partial charge in [-0.3, -0.25) is 0 Å². The Morgan fingerprint density at radius 2 is 1.88 bits per heavy atom. The summed E-state index contributed by atoms with van der Waals surface area (Å²) in [7, 11) is 0. The van der Waals surface area contributed by atoms with Gasteiger partial charge >= 0.3 is 5.97 Å². The Hall–Kier alpha value is -1.13. The summed E-state index contributed by atoms with van der Waals surface area (Å²) in [6.07, 6.45) is 2.54. The third-order valence-corrected chi connectivity index (χ3v) is 1.69. The van der Waals surface area contributed by atoms with E-state index < -0.39 is 5.97 Å². The minimum absolute atomic E-state index is 0.000283. The second-order valence-corrected chi connectivity index (χ2v) is 3.42. The van der Waals surface area contributed by atoms with Crippen molar-refractivity contribution >= 4 is 5.97 Å². The molecule has 2 unspecified atom stereocenters. The molecule has 16 heavy (non-hydrogen) atoms. The first-order valence-corrected chi connectivity index (χ1v) is 5.23. The molecule has 0 spiro atoms. The highest BCUT2D eigenvalue weighted by Crippen LogP contribution is 1.97. The highest BCUT2D eigenvalue weighted by molar-refractivity contribution is 5.81. The van der Waals surface area contributed by atoms with E-state index >= 15 is 0 Å². The fourth-order valence-corrected chi connectivity index (χ4v) is 0.961. The van der Waals surface area contributed by atoms with E-state index in [1.54, 1.807) is 13.0 Å². The number of esters is 1. The molecule has 0 aliphatic rings. The lowest BCUT2D eigenvalue weighted by atomic mass is 10.4. The Labute approximate surface area is 96.9 Å². The van der Waals surface area contributed by atoms with Crippen LogP contribution in [-0.2, 0) is 19.0 Å². The molecular formula is C12H20O4. The SMILES string of the molecule is C=CCOC(C)COCC(C)OC(=O)C=C. The minimum atomic E-state index is -0.438. The molecule has 0 saturated carbocycles. The molecule has 4 nitrogen and oxygen atoms in total. The first-order chi connectivity index (χ1) is 7.60. The summed E-state index contributed by atoms with van der Waals surface area (Å²) >= 11 is 0. The second kappa shape index (κ2) is 9.12. The monoisotopic (exact) mass is 228 g/mol. The lowest BCUT2D eigenvalue weighted by Crippen LogP contribution is -2.23. The van der Waals surface area contributed by atoms with Crippen LogP contribution in [0.2, 0.25) is 0 Å². The number of hydrogen-bond donors (Lipinski definition) is 0. The Balaban J connectivity index is 3.52. The zero-order valence-corrected chi connectivity index (χ0v) is 9.98. The van der Waals surface area contributed by atoms with Crippen LogP contribution in [0.3, 0.4) is 0 Å². The van der Waals surface area contributed by atoms with Gasteiger partial charge in [-0.25, -0.2) is 4.79 Å². The zero-order valence-electron chi connectivity index (χ0n) is 9.98. The van der Waals surface area contributed by atoms with E-state index in [0.717, 1.165) is 6.08 Å². The van der Waals surface area contributed by atoms with Gasteiger partial charge in [-0.05, 0) is 13.8 Å². The summed E-state index contributed by atoms with van der Waals surface area (Å²) in [6, 6.07) is 0. The molecule has 0 saturated heterocycles. The molecule has 0 aromatic rings. The second-order valence-electron chi connectivity index (χ2n) is 3.42. The van der Waals surface area contributed by atoms with Gasteiger partial charge in [0.25, 0.3) is 0 Å². The minimum Gasteiger partial charge on any atom is -0.457 e. The molecular weight excluding hydrogens is 208 g/mol. The van der Waals surface area contributed by atoms with E-state index in [-0.39, 0.29) is 12.2 Å². The van der Waals surface area contributed by atoms with E-state index in [4.69, 9.17) is 14.2 Å². The van der Waals surface area contributed by atoms with E-state index in [1.807, 2.05) is 6.92 Å². The fraction of sp³-hybridized carbons (Fsp3) is 0.583. The van der Waals surface area contributed by atoms with Crippen LogP contribution < -0.4 is 0 Å². The average Bonchev–Trinajstić information content (AvgIpc) is 2.26. The van der Waals surface area contributed by atoms with Gasteiger partial charge in [-0.15, -0.1) is 6.58 Å². The zero-order chi connectivity index (χ0) is 12.4. The van der Waals surface area contributed by atoms with E-state index in [0.29, 0.717) is 19.8 Å². The van der Waals surface area contributed by atoms with Gasteiger partial charge in [0.15, 0.2) is 0 Å². The summed E-state index contributed by atoms with van der Waals surface area (Å²) < 4.78 is 15.6. The van der Waals surface area contributed by atoms with Crippen LogP contribution in [0.1, 0.15) is 13.8 Å². The summed E-state index contributed by atoms with van der Waals surface area (Å²) in [5.41, 5.74) is 0. The Kier molecular flexibility index (Phi) is 8.48. The molecule has 2 atom stereocenters. The molecule has 0 rings (SSSR count). The van der Waals surface area contributed by atoms with Crippen molar-refractivity contribution in [2.75, 3.05) is 19.8 Å². The molecule has 92 valence electrons. The predicted octanol–water partition coefficient (Wildman–Crippen LogP) is 1.71. The van der Waals surface area contributed by atoms with Crippen molar-refractivity contribution in [1.29, 1.82) is 0 Å². The largest absolute Gasteiger partial charge is 0.457 e. The smallest absolute Gasteiger partial charge is 0.330 e. The van der Waals surface area contributed by atoms with Crippen LogP contribution >= 0.6 is 0 Å². The summed E-state index contributed by atoms with van der Waals surface area (Å²) in [5, 5.41) is 0. The van der Waals surface area contributed by atoms with Crippen LogP contribution in [0.5, 0.6) is 0 Å². The van der Waals surface area contributed by atoms with Gasteiger partial charge in [0.1, 0.15) is 6.10 Å². The lowest BCUT2D eigenvalue weighted by molar-refractivity contribution is -0.145. The van der Waals surface area contributed by atoms with Gasteiger partial charge in [-0.2, -0.15) is 0 Å². The third kappa shape index (κ3) is 8.20. The molecule has 0 aliphatic carbocycles. The standard InChI is InChI=1S/C12H20O4/c1-5-7-15-10(3)8-14-9-11(4)16-12(13)6-2/h5-6,10-11H,1-2,7-9H2,3-4H3. The molecule has 0 aromatic heterocycles. The highest BCUT2D eigenvalue weighted by atomic mass is 16.6. The van der Waals surface area contributed by atoms with E-state index in [9.17, 15) is 4.79 Å². The number of carbonyl (C=O) groups is 1. The maximum Gasteiger partial charge on any atom is 0.330 e. The van der Waals surface area contributed by atoms with Crippen LogP contribution in [0.4, 0.5) is 0 Å². The molecule has 0 radical (unpaired) electrons. The van der Waals surface area contributed by atoms with E-state index in [1.165, 1.54) is 0 Å². The first kappa shape index (κ1) is 14.9. The van der Waals surface area contributed by atoms with Gasteiger partial charge < -0.3 is 14.2 Å². The molecule has 0 amide bonds. The fourth-order valence-electron chi connectivity index (χ4n) is 0.961. The third-order valence-electron chi connectivity index (χ3n) is 1.69. The molecule has 0 heterocycles. The van der Waals surface area contributed by atoms with Crippen LogP contribution in [-0.4, -0.2) is 38.0 Å². The van der Waals surface area contributed by atoms with Gasteiger partial charge in [0, 0.05) is 6.08 Å². The molecule has 4 heteroatoms. The normalized spacial score (nSPS) is 13.9. The molecule has 0 N–H and O–H groups in total. The van der Waals surface area contributed by atoms with Crippen molar-refractivity contribution in [3.8, 4) is 0 Å². The van der Waals surface area contributed by atoms with Gasteiger partial charge in [-0.1, -0.05) is 12.7 Å².